The quantitative estimate of drug-likeness (QED) is 0.889. The highest BCUT2D eigenvalue weighted by molar-refractivity contribution is 5.96. The van der Waals surface area contributed by atoms with Crippen LogP contribution in [0.5, 0.6) is 0 Å². The van der Waals surface area contributed by atoms with E-state index in [4.69, 9.17) is 0 Å². The first-order valence-electron chi connectivity index (χ1n) is 7.17. The minimum absolute atomic E-state index is 0.372. The predicted octanol–water partition coefficient (Wildman–Crippen LogP) is 3.37. The summed E-state index contributed by atoms with van der Waals surface area (Å²) in [6, 6.07) is 14.8. The summed E-state index contributed by atoms with van der Waals surface area (Å²) in [7, 11) is 0. The lowest BCUT2D eigenvalue weighted by molar-refractivity contribution is -0.139. The van der Waals surface area contributed by atoms with Crippen molar-refractivity contribution in [2.24, 2.45) is 0 Å². The molecule has 1 amide bonds. The fourth-order valence-corrected chi connectivity index (χ4v) is 2.16. The van der Waals surface area contributed by atoms with Gasteiger partial charge in [0.1, 0.15) is 0 Å². The van der Waals surface area contributed by atoms with Gasteiger partial charge in [-0.05, 0) is 29.2 Å². The van der Waals surface area contributed by atoms with E-state index in [-0.39, 0.29) is 0 Å². The van der Waals surface area contributed by atoms with Gasteiger partial charge in [0.15, 0.2) is 6.04 Å². The number of hydrogen-bond acceptors (Lipinski definition) is 2. The topological polar surface area (TPSA) is 66.4 Å². The SMILES string of the molecule is CC(C)c1ccc(C(NC(=O)c2ccccc2)C(=O)O)cc1. The summed E-state index contributed by atoms with van der Waals surface area (Å²) in [4.78, 5) is 23.6. The van der Waals surface area contributed by atoms with Crippen LogP contribution in [0.25, 0.3) is 0 Å². The summed E-state index contributed by atoms with van der Waals surface area (Å²) >= 11 is 0. The fraction of sp³-hybridized carbons (Fsp3) is 0.222. The van der Waals surface area contributed by atoms with E-state index in [1.165, 1.54) is 0 Å². The van der Waals surface area contributed by atoms with Crippen LogP contribution < -0.4 is 5.32 Å². The van der Waals surface area contributed by atoms with Crippen molar-refractivity contribution >= 4 is 11.9 Å². The Kier molecular flexibility index (Phi) is 4.94. The molecule has 0 aliphatic heterocycles. The van der Waals surface area contributed by atoms with Crippen molar-refractivity contribution in [2.75, 3.05) is 0 Å². The molecule has 0 radical (unpaired) electrons. The number of carbonyl (C=O) groups is 2. The monoisotopic (exact) mass is 297 g/mol. The molecule has 0 spiro atoms. The molecule has 4 nitrogen and oxygen atoms in total. The van der Waals surface area contributed by atoms with Crippen LogP contribution in [0.1, 0.15) is 47.3 Å². The molecule has 0 aliphatic carbocycles. The number of hydrogen-bond donors (Lipinski definition) is 2. The Morgan fingerprint density at radius 3 is 1.95 bits per heavy atom. The number of aliphatic carboxylic acids is 1. The molecule has 0 saturated carbocycles. The van der Waals surface area contributed by atoms with Crippen molar-refractivity contribution < 1.29 is 14.7 Å². The van der Waals surface area contributed by atoms with Gasteiger partial charge in [-0.15, -0.1) is 0 Å². The van der Waals surface area contributed by atoms with E-state index in [1.54, 1.807) is 42.5 Å². The average molecular weight is 297 g/mol. The number of carboxylic acid groups (broad SMARTS) is 1. The van der Waals surface area contributed by atoms with E-state index in [2.05, 4.69) is 19.2 Å². The largest absolute Gasteiger partial charge is 0.479 e. The third-order valence-corrected chi connectivity index (χ3v) is 3.49. The number of nitrogens with one attached hydrogen (secondary N) is 1. The molecular weight excluding hydrogens is 278 g/mol. The van der Waals surface area contributed by atoms with Crippen molar-refractivity contribution in [3.05, 3.63) is 71.3 Å². The number of rotatable bonds is 5. The first-order valence-corrected chi connectivity index (χ1v) is 7.17. The number of benzene rings is 2. The van der Waals surface area contributed by atoms with Gasteiger partial charge < -0.3 is 10.4 Å². The maximum Gasteiger partial charge on any atom is 0.330 e. The zero-order chi connectivity index (χ0) is 16.1. The Morgan fingerprint density at radius 1 is 0.909 bits per heavy atom. The first-order chi connectivity index (χ1) is 10.5. The molecule has 4 heteroatoms. The molecule has 0 heterocycles. The zero-order valence-corrected chi connectivity index (χ0v) is 12.6. The minimum atomic E-state index is -1.08. The molecule has 114 valence electrons. The first kappa shape index (κ1) is 15.8. The summed E-state index contributed by atoms with van der Waals surface area (Å²) in [5.41, 5.74) is 2.12. The van der Waals surface area contributed by atoms with E-state index < -0.39 is 17.9 Å². The van der Waals surface area contributed by atoms with Crippen molar-refractivity contribution in [3.63, 3.8) is 0 Å². The van der Waals surface area contributed by atoms with Crippen LogP contribution in [0.15, 0.2) is 54.6 Å². The Morgan fingerprint density at radius 2 is 1.45 bits per heavy atom. The van der Waals surface area contributed by atoms with Crippen LogP contribution in [-0.4, -0.2) is 17.0 Å². The summed E-state index contributed by atoms with van der Waals surface area (Å²) in [5.74, 6) is -1.11. The predicted molar refractivity (Wildman–Crippen MR) is 84.8 cm³/mol. The van der Waals surface area contributed by atoms with Gasteiger partial charge in [-0.3, -0.25) is 4.79 Å². The Balaban J connectivity index is 2.20. The van der Waals surface area contributed by atoms with Crippen molar-refractivity contribution in [3.8, 4) is 0 Å². The summed E-state index contributed by atoms with van der Waals surface area (Å²) in [5, 5.41) is 11.9. The molecule has 1 atom stereocenters. The van der Waals surface area contributed by atoms with Gasteiger partial charge in [0.25, 0.3) is 5.91 Å². The molecule has 0 saturated heterocycles. The van der Waals surface area contributed by atoms with Crippen LogP contribution in [0, 0.1) is 0 Å². The van der Waals surface area contributed by atoms with Crippen LogP contribution in [0.3, 0.4) is 0 Å². The molecule has 2 rings (SSSR count). The molecule has 2 aromatic rings. The van der Waals surface area contributed by atoms with Crippen LogP contribution in [0.4, 0.5) is 0 Å². The maximum absolute atomic E-state index is 12.1. The lowest BCUT2D eigenvalue weighted by Crippen LogP contribution is -2.33. The Labute approximate surface area is 129 Å². The van der Waals surface area contributed by atoms with Crippen LogP contribution in [-0.2, 0) is 4.79 Å². The number of carbonyl (C=O) groups excluding carboxylic acids is 1. The Hall–Kier alpha value is -2.62. The third-order valence-electron chi connectivity index (χ3n) is 3.49. The molecule has 2 aromatic carbocycles. The van der Waals surface area contributed by atoms with Gasteiger partial charge in [-0.2, -0.15) is 0 Å². The zero-order valence-electron chi connectivity index (χ0n) is 12.6. The molecule has 0 aliphatic rings. The van der Waals surface area contributed by atoms with Crippen molar-refractivity contribution in [2.45, 2.75) is 25.8 Å². The molecule has 1 unspecified atom stereocenters. The normalized spacial score (nSPS) is 12.0. The maximum atomic E-state index is 12.1. The fourth-order valence-electron chi connectivity index (χ4n) is 2.16. The summed E-state index contributed by atoms with van der Waals surface area (Å²) in [6.07, 6.45) is 0. The Bertz CT molecular complexity index is 648. The second kappa shape index (κ2) is 6.89. The second-order valence-corrected chi connectivity index (χ2v) is 5.43. The van der Waals surface area contributed by atoms with E-state index in [9.17, 15) is 14.7 Å². The minimum Gasteiger partial charge on any atom is -0.479 e. The van der Waals surface area contributed by atoms with Gasteiger partial charge in [-0.1, -0.05) is 56.3 Å². The standard InChI is InChI=1S/C18H19NO3/c1-12(2)13-8-10-14(11-9-13)16(18(21)22)19-17(20)15-6-4-3-5-7-15/h3-12,16H,1-2H3,(H,19,20)(H,21,22). The van der Waals surface area contributed by atoms with E-state index in [0.717, 1.165) is 5.56 Å². The van der Waals surface area contributed by atoms with Gasteiger partial charge >= 0.3 is 5.97 Å². The number of amides is 1. The molecule has 0 aromatic heterocycles. The smallest absolute Gasteiger partial charge is 0.330 e. The van der Waals surface area contributed by atoms with Gasteiger partial charge in [0.05, 0.1) is 0 Å². The lowest BCUT2D eigenvalue weighted by atomic mass is 9.99. The van der Waals surface area contributed by atoms with E-state index in [0.29, 0.717) is 17.0 Å². The van der Waals surface area contributed by atoms with Gasteiger partial charge in [-0.25, -0.2) is 4.79 Å². The van der Waals surface area contributed by atoms with Crippen LogP contribution in [0.2, 0.25) is 0 Å². The summed E-state index contributed by atoms with van der Waals surface area (Å²) in [6.45, 7) is 4.14. The number of carboxylic acids is 1. The van der Waals surface area contributed by atoms with Crippen molar-refractivity contribution in [1.82, 2.24) is 5.32 Å². The van der Waals surface area contributed by atoms with Gasteiger partial charge in [0.2, 0.25) is 0 Å². The van der Waals surface area contributed by atoms with Crippen LogP contribution >= 0.6 is 0 Å². The lowest BCUT2D eigenvalue weighted by Gasteiger charge is -2.16. The van der Waals surface area contributed by atoms with E-state index >= 15 is 0 Å². The highest BCUT2D eigenvalue weighted by Crippen LogP contribution is 2.19. The highest BCUT2D eigenvalue weighted by Gasteiger charge is 2.22. The molecule has 0 bridgehead atoms. The second-order valence-electron chi connectivity index (χ2n) is 5.43. The van der Waals surface area contributed by atoms with Crippen molar-refractivity contribution in [1.29, 1.82) is 0 Å². The third kappa shape index (κ3) is 3.73. The highest BCUT2D eigenvalue weighted by atomic mass is 16.4. The van der Waals surface area contributed by atoms with Gasteiger partial charge in [0, 0.05) is 5.56 Å². The molecule has 0 fully saturated rings. The molecular formula is C18H19NO3. The van der Waals surface area contributed by atoms with E-state index in [1.807, 2.05) is 12.1 Å². The average Bonchev–Trinajstić information content (AvgIpc) is 2.53. The summed E-state index contributed by atoms with van der Waals surface area (Å²) < 4.78 is 0. The molecule has 22 heavy (non-hydrogen) atoms. The molecule has 2 N–H and O–H groups in total.